The summed E-state index contributed by atoms with van der Waals surface area (Å²) in [7, 11) is 0. The number of fused-ring (bicyclic) bond motifs is 1. The highest BCUT2D eigenvalue weighted by Crippen LogP contribution is 2.64. The number of hydrogen-bond donors (Lipinski definition) is 1. The monoisotopic (exact) mass is 413 g/mol. The molecule has 0 spiro atoms. The second-order valence-corrected chi connectivity index (χ2v) is 9.05. The normalized spacial score (nSPS) is 35.9. The molecule has 5 rings (SSSR count). The van der Waals surface area contributed by atoms with Gasteiger partial charge in [-0.2, -0.15) is 0 Å². The van der Waals surface area contributed by atoms with E-state index in [1.807, 2.05) is 36.4 Å². The molecule has 1 amide bonds. The lowest BCUT2D eigenvalue weighted by molar-refractivity contribution is -0.886. The predicted molar refractivity (Wildman–Crippen MR) is 101 cm³/mol. The van der Waals surface area contributed by atoms with Crippen molar-refractivity contribution in [2.24, 2.45) is 5.92 Å². The average molecular weight is 414 g/mol. The van der Waals surface area contributed by atoms with Crippen molar-refractivity contribution >= 4 is 21.8 Å². The van der Waals surface area contributed by atoms with E-state index in [-0.39, 0.29) is 18.4 Å². The van der Waals surface area contributed by atoms with Crippen molar-refractivity contribution in [3.05, 3.63) is 74.9 Å². The third-order valence-corrected chi connectivity index (χ3v) is 7.10. The molecule has 2 saturated carbocycles. The average Bonchev–Trinajstić information content (AvgIpc) is 3.41. The van der Waals surface area contributed by atoms with Crippen LogP contribution in [0.5, 0.6) is 0 Å². The van der Waals surface area contributed by atoms with Gasteiger partial charge in [-0.15, -0.1) is 0 Å². The largest absolute Gasteiger partial charge is 0.624 e. The summed E-state index contributed by atoms with van der Waals surface area (Å²) in [4.78, 5) is 13.2. The Morgan fingerprint density at radius 3 is 2.35 bits per heavy atom. The minimum absolute atomic E-state index is 0.145. The van der Waals surface area contributed by atoms with Crippen LogP contribution in [0.1, 0.15) is 47.2 Å². The fourth-order valence-electron chi connectivity index (χ4n) is 5.02. The van der Waals surface area contributed by atoms with Gasteiger partial charge in [-0.3, -0.25) is 4.65 Å². The quantitative estimate of drug-likeness (QED) is 0.604. The van der Waals surface area contributed by atoms with Gasteiger partial charge < -0.3 is 10.3 Å². The van der Waals surface area contributed by atoms with Crippen LogP contribution in [0.25, 0.3) is 0 Å². The molecule has 0 aromatic heterocycles. The number of carbonyl (C=O) groups excluding carboxylic acids is 1. The minimum Gasteiger partial charge on any atom is -0.624 e. The van der Waals surface area contributed by atoms with Crippen molar-refractivity contribution < 1.29 is 14.5 Å². The second kappa shape index (κ2) is 5.26. The van der Waals surface area contributed by atoms with Gasteiger partial charge in [0.2, 0.25) is 0 Å². The lowest BCUT2D eigenvalue weighted by atomic mass is 9.58. The first-order valence-corrected chi connectivity index (χ1v) is 9.88. The molecule has 2 fully saturated rings. The molecule has 2 aromatic carbocycles. The van der Waals surface area contributed by atoms with E-state index in [1.54, 1.807) is 12.1 Å². The van der Waals surface area contributed by atoms with Gasteiger partial charge in [0.25, 0.3) is 0 Å². The van der Waals surface area contributed by atoms with Crippen molar-refractivity contribution in [1.29, 1.82) is 0 Å². The highest BCUT2D eigenvalue weighted by atomic mass is 79.9. The van der Waals surface area contributed by atoms with Crippen molar-refractivity contribution in [3.8, 4) is 0 Å². The number of benzene rings is 2. The Morgan fingerprint density at radius 1 is 1.08 bits per heavy atom. The minimum atomic E-state index is -0.914. The molecule has 134 valence electrons. The molecular formula is C21H20BrNO3. The van der Waals surface area contributed by atoms with Gasteiger partial charge >= 0.3 is 5.91 Å². The molecule has 5 heteroatoms. The highest BCUT2D eigenvalue weighted by Gasteiger charge is 2.70. The number of aliphatic hydroxyl groups is 1. The summed E-state index contributed by atoms with van der Waals surface area (Å²) in [6.07, 6.45) is 2.74. The topological polar surface area (TPSA) is 60.4 Å². The van der Waals surface area contributed by atoms with E-state index in [2.05, 4.69) is 15.9 Å². The number of halogens is 1. The Hall–Kier alpha value is -1.53. The summed E-state index contributed by atoms with van der Waals surface area (Å²) in [6, 6.07) is 14.9. The molecule has 1 N–H and O–H groups in total. The van der Waals surface area contributed by atoms with Crippen LogP contribution in [0, 0.1) is 11.1 Å². The maximum absolute atomic E-state index is 14.1. The first-order valence-electron chi connectivity index (χ1n) is 9.08. The van der Waals surface area contributed by atoms with Gasteiger partial charge in [0, 0.05) is 28.4 Å². The van der Waals surface area contributed by atoms with Crippen LogP contribution in [0.4, 0.5) is 0 Å². The number of rotatable bonds is 3. The summed E-state index contributed by atoms with van der Waals surface area (Å²) in [5.74, 6) is -0.0980. The zero-order valence-corrected chi connectivity index (χ0v) is 15.9. The highest BCUT2D eigenvalue weighted by molar-refractivity contribution is 9.10. The van der Waals surface area contributed by atoms with Crippen LogP contribution < -0.4 is 0 Å². The van der Waals surface area contributed by atoms with E-state index in [0.29, 0.717) is 18.4 Å². The summed E-state index contributed by atoms with van der Waals surface area (Å²) >= 11 is 3.44. The first-order chi connectivity index (χ1) is 12.4. The Kier molecular flexibility index (Phi) is 3.36. The van der Waals surface area contributed by atoms with E-state index in [0.717, 1.165) is 28.4 Å². The Balaban J connectivity index is 1.62. The van der Waals surface area contributed by atoms with E-state index in [1.165, 1.54) is 0 Å². The first kappa shape index (κ1) is 16.6. The number of carbonyl (C=O) groups is 1. The molecule has 1 unspecified atom stereocenters. The molecule has 26 heavy (non-hydrogen) atoms. The summed E-state index contributed by atoms with van der Waals surface area (Å²) in [5, 5.41) is 25.1. The summed E-state index contributed by atoms with van der Waals surface area (Å²) < 4.78 is 0.0184. The van der Waals surface area contributed by atoms with Gasteiger partial charge in [0.1, 0.15) is 12.1 Å². The van der Waals surface area contributed by atoms with Gasteiger partial charge in [0.15, 0.2) is 0 Å². The lowest BCUT2D eigenvalue weighted by Gasteiger charge is -2.63. The van der Waals surface area contributed by atoms with Crippen molar-refractivity contribution in [2.75, 3.05) is 0 Å². The van der Waals surface area contributed by atoms with Gasteiger partial charge in [-0.25, -0.2) is 4.79 Å². The van der Waals surface area contributed by atoms with Crippen molar-refractivity contribution in [1.82, 2.24) is 0 Å². The fourth-order valence-corrected chi connectivity index (χ4v) is 5.28. The molecule has 3 aliphatic rings. The van der Waals surface area contributed by atoms with Gasteiger partial charge in [-0.05, 0) is 37.0 Å². The van der Waals surface area contributed by atoms with Gasteiger partial charge in [-0.1, -0.05) is 46.3 Å². The standard InChI is InChI=1S/C21H20BrNO3/c22-17-9-7-15(8-10-17)20(12-21(25,13-20)16-5-6-16)23(26)11-14-3-1-2-4-18(14)19(23)24/h1-4,7-10,16,25H,5-6,11-13H2/t20-,21+,23?. The molecule has 1 atom stereocenters. The molecular weight excluding hydrogens is 394 g/mol. The van der Waals surface area contributed by atoms with Crippen LogP contribution in [0.3, 0.4) is 0 Å². The SMILES string of the molecule is O=C1c2ccccc2C[N+]1([O-])[C@]1(c2ccc(Br)cc2)C[C@@](O)(C2CC2)C1. The number of hydrogen-bond acceptors (Lipinski definition) is 3. The third kappa shape index (κ3) is 2.09. The predicted octanol–water partition coefficient (Wildman–Crippen LogP) is 4.25. The number of hydroxylamine groups is 3. The smallest absolute Gasteiger partial charge is 0.347 e. The third-order valence-electron chi connectivity index (χ3n) is 6.58. The molecule has 0 radical (unpaired) electrons. The number of nitrogens with zero attached hydrogens (tertiary/aromatic N) is 1. The van der Waals surface area contributed by atoms with Crippen LogP contribution in [0.2, 0.25) is 0 Å². The van der Waals surface area contributed by atoms with Crippen LogP contribution in [-0.4, -0.2) is 21.3 Å². The molecule has 1 aliphatic heterocycles. The summed E-state index contributed by atoms with van der Waals surface area (Å²) in [6.45, 7) is 0.145. The fraction of sp³-hybridized carbons (Fsp3) is 0.381. The molecule has 0 saturated heterocycles. The maximum Gasteiger partial charge on any atom is 0.347 e. The van der Waals surface area contributed by atoms with E-state index in [4.69, 9.17) is 0 Å². The van der Waals surface area contributed by atoms with Crippen molar-refractivity contribution in [3.63, 3.8) is 0 Å². The molecule has 0 bridgehead atoms. The van der Waals surface area contributed by atoms with E-state index in [9.17, 15) is 15.1 Å². The molecule has 2 aliphatic carbocycles. The van der Waals surface area contributed by atoms with Crippen LogP contribution >= 0.6 is 15.9 Å². The molecule has 4 nitrogen and oxygen atoms in total. The van der Waals surface area contributed by atoms with Gasteiger partial charge in [0.05, 0.1) is 11.2 Å². The Morgan fingerprint density at radius 2 is 1.73 bits per heavy atom. The van der Waals surface area contributed by atoms with Crippen LogP contribution in [-0.2, 0) is 12.1 Å². The molecule has 1 heterocycles. The second-order valence-electron chi connectivity index (χ2n) is 8.13. The summed E-state index contributed by atoms with van der Waals surface area (Å²) in [5.41, 5.74) is 0.472. The Labute approximate surface area is 160 Å². The van der Waals surface area contributed by atoms with Crippen LogP contribution in [0.15, 0.2) is 53.0 Å². The maximum atomic E-state index is 14.1. The Bertz CT molecular complexity index is 900. The van der Waals surface area contributed by atoms with E-state index >= 15 is 0 Å². The van der Waals surface area contributed by atoms with E-state index < -0.39 is 15.8 Å². The number of amides is 1. The zero-order valence-electron chi connectivity index (χ0n) is 14.3. The molecule has 2 aromatic rings. The van der Waals surface area contributed by atoms with Crippen molar-refractivity contribution in [2.45, 2.75) is 43.4 Å². The lowest BCUT2D eigenvalue weighted by Crippen LogP contribution is -2.70. The zero-order chi connectivity index (χ0) is 18.2. The number of quaternary nitrogens is 1.